The molecule has 2 aromatic heterocycles. The first kappa shape index (κ1) is 15.6. The Bertz CT molecular complexity index is 605. The number of aromatic nitrogens is 3. The fraction of sp³-hybridized carbons (Fsp3) is 0.533. The molecule has 0 radical (unpaired) electrons. The van der Waals surface area contributed by atoms with Crippen molar-refractivity contribution in [2.45, 2.75) is 43.3 Å². The van der Waals surface area contributed by atoms with Crippen molar-refractivity contribution < 1.29 is 4.79 Å². The molecule has 2 aromatic rings. The van der Waals surface area contributed by atoms with Crippen LogP contribution in [0.3, 0.4) is 0 Å². The van der Waals surface area contributed by atoms with Crippen molar-refractivity contribution in [2.75, 3.05) is 12.8 Å². The van der Waals surface area contributed by atoms with Gasteiger partial charge in [-0.15, -0.1) is 16.4 Å². The molecule has 0 bridgehead atoms. The summed E-state index contributed by atoms with van der Waals surface area (Å²) in [6.07, 6.45) is 4.95. The number of thiophene rings is 1. The molecule has 7 heteroatoms. The third-order valence-electron chi connectivity index (χ3n) is 3.95. The van der Waals surface area contributed by atoms with E-state index in [4.69, 9.17) is 0 Å². The number of carbonyl (C=O) groups is 1. The predicted octanol–water partition coefficient (Wildman–Crippen LogP) is 3.27. The molecule has 0 aliphatic heterocycles. The third-order valence-corrected chi connectivity index (χ3v) is 5.64. The van der Waals surface area contributed by atoms with E-state index in [9.17, 15) is 4.79 Å². The van der Waals surface area contributed by atoms with Crippen molar-refractivity contribution >= 4 is 29.0 Å². The van der Waals surface area contributed by atoms with Crippen LogP contribution in [0.4, 0.5) is 0 Å². The van der Waals surface area contributed by atoms with Crippen molar-refractivity contribution in [1.29, 1.82) is 0 Å². The number of hydrogen-bond donors (Lipinski definition) is 1. The molecule has 0 atom stereocenters. The van der Waals surface area contributed by atoms with E-state index in [0.29, 0.717) is 23.4 Å². The topological polar surface area (TPSA) is 61.9 Å². The van der Waals surface area contributed by atoms with E-state index in [0.717, 1.165) is 5.82 Å². The number of aromatic amines is 1. The maximum absolute atomic E-state index is 12.1. The summed E-state index contributed by atoms with van der Waals surface area (Å²) in [7, 11) is 1.84. The number of carbonyl (C=O) groups excluding carboxylic acids is 1. The van der Waals surface area contributed by atoms with Gasteiger partial charge in [-0.1, -0.05) is 30.7 Å². The van der Waals surface area contributed by atoms with E-state index >= 15 is 0 Å². The summed E-state index contributed by atoms with van der Waals surface area (Å²) in [5, 5.41) is 9.97. The number of H-pyrrole nitrogens is 1. The smallest absolute Gasteiger partial charge is 0.233 e. The van der Waals surface area contributed by atoms with Gasteiger partial charge >= 0.3 is 0 Å². The van der Waals surface area contributed by atoms with E-state index in [1.807, 2.05) is 24.6 Å². The molecule has 1 aliphatic rings. The van der Waals surface area contributed by atoms with E-state index in [1.54, 1.807) is 16.2 Å². The molecule has 1 amide bonds. The predicted molar refractivity (Wildman–Crippen MR) is 89.1 cm³/mol. The van der Waals surface area contributed by atoms with Gasteiger partial charge in [-0.25, -0.2) is 4.98 Å². The maximum atomic E-state index is 12.1. The van der Waals surface area contributed by atoms with Gasteiger partial charge in [-0.3, -0.25) is 9.89 Å². The zero-order valence-electron chi connectivity index (χ0n) is 12.6. The molecular formula is C15H20N4OS2. The van der Waals surface area contributed by atoms with E-state index < -0.39 is 0 Å². The lowest BCUT2D eigenvalue weighted by atomic mass is 10.1. The van der Waals surface area contributed by atoms with Crippen LogP contribution in [-0.2, 0) is 11.3 Å². The highest BCUT2D eigenvalue weighted by molar-refractivity contribution is 7.99. The van der Waals surface area contributed by atoms with Gasteiger partial charge in [0.1, 0.15) is 5.82 Å². The largest absolute Gasteiger partial charge is 0.340 e. The van der Waals surface area contributed by atoms with E-state index in [1.165, 1.54) is 42.3 Å². The summed E-state index contributed by atoms with van der Waals surface area (Å²) in [6, 6.07) is 4.05. The van der Waals surface area contributed by atoms with Crippen LogP contribution in [0.1, 0.15) is 42.3 Å². The Morgan fingerprint density at radius 1 is 1.50 bits per heavy atom. The number of hydrogen-bond acceptors (Lipinski definition) is 5. The Hall–Kier alpha value is -1.34. The second-order valence-electron chi connectivity index (χ2n) is 5.60. The molecule has 1 N–H and O–H groups in total. The highest BCUT2D eigenvalue weighted by Gasteiger charge is 2.21. The van der Waals surface area contributed by atoms with Crippen LogP contribution < -0.4 is 0 Å². The molecule has 2 heterocycles. The normalized spacial score (nSPS) is 15.3. The van der Waals surface area contributed by atoms with Gasteiger partial charge in [0.05, 0.1) is 12.3 Å². The van der Waals surface area contributed by atoms with Crippen LogP contribution >= 0.6 is 23.1 Å². The Balaban J connectivity index is 1.48. The van der Waals surface area contributed by atoms with Crippen LogP contribution in [0.15, 0.2) is 22.7 Å². The monoisotopic (exact) mass is 336 g/mol. The fourth-order valence-electron chi connectivity index (χ4n) is 2.67. The van der Waals surface area contributed by atoms with Gasteiger partial charge in [0, 0.05) is 17.8 Å². The van der Waals surface area contributed by atoms with Crippen molar-refractivity contribution in [2.24, 2.45) is 0 Å². The number of rotatable bonds is 6. The van der Waals surface area contributed by atoms with Crippen LogP contribution in [0.2, 0.25) is 0 Å². The Labute approximate surface area is 138 Å². The average Bonchev–Trinajstić information content (AvgIpc) is 3.25. The highest BCUT2D eigenvalue weighted by Crippen LogP contribution is 2.32. The summed E-state index contributed by atoms with van der Waals surface area (Å²) in [4.78, 5) is 19.6. The molecule has 1 fully saturated rings. The molecule has 22 heavy (non-hydrogen) atoms. The van der Waals surface area contributed by atoms with E-state index in [-0.39, 0.29) is 5.91 Å². The Morgan fingerprint density at radius 2 is 2.32 bits per heavy atom. The zero-order chi connectivity index (χ0) is 15.4. The van der Waals surface area contributed by atoms with Crippen molar-refractivity contribution in [3.8, 4) is 0 Å². The molecular weight excluding hydrogens is 316 g/mol. The average molecular weight is 336 g/mol. The summed E-state index contributed by atoms with van der Waals surface area (Å²) in [5.74, 6) is 1.99. The fourth-order valence-corrected chi connectivity index (χ4v) is 4.17. The molecule has 5 nitrogen and oxygen atoms in total. The minimum atomic E-state index is 0.102. The third kappa shape index (κ3) is 3.89. The minimum Gasteiger partial charge on any atom is -0.340 e. The van der Waals surface area contributed by atoms with E-state index in [2.05, 4.69) is 15.2 Å². The van der Waals surface area contributed by atoms with Crippen LogP contribution in [-0.4, -0.2) is 38.8 Å². The second-order valence-corrected chi connectivity index (χ2v) is 7.58. The number of nitrogens with zero attached hydrogens (tertiary/aromatic N) is 3. The van der Waals surface area contributed by atoms with Gasteiger partial charge in [-0.05, 0) is 24.3 Å². The van der Waals surface area contributed by atoms with Crippen LogP contribution in [0, 0.1) is 0 Å². The molecule has 3 rings (SSSR count). The van der Waals surface area contributed by atoms with Gasteiger partial charge in [0.25, 0.3) is 0 Å². The van der Waals surface area contributed by atoms with Gasteiger partial charge in [-0.2, -0.15) is 0 Å². The first-order chi connectivity index (χ1) is 10.7. The van der Waals surface area contributed by atoms with Gasteiger partial charge < -0.3 is 4.90 Å². The summed E-state index contributed by atoms with van der Waals surface area (Å²) >= 11 is 3.08. The van der Waals surface area contributed by atoms with Gasteiger partial charge in [0.2, 0.25) is 11.1 Å². The lowest BCUT2D eigenvalue weighted by molar-refractivity contribution is -0.127. The second kappa shape index (κ2) is 7.28. The Morgan fingerprint density at radius 3 is 3.05 bits per heavy atom. The molecule has 118 valence electrons. The Kier molecular flexibility index (Phi) is 5.15. The quantitative estimate of drug-likeness (QED) is 0.822. The molecule has 0 saturated heterocycles. The maximum Gasteiger partial charge on any atom is 0.233 e. The summed E-state index contributed by atoms with van der Waals surface area (Å²) in [5.41, 5.74) is 0. The number of thioether (sulfide) groups is 1. The lowest BCUT2D eigenvalue weighted by Gasteiger charge is -2.15. The highest BCUT2D eigenvalue weighted by atomic mass is 32.2. The lowest BCUT2D eigenvalue weighted by Crippen LogP contribution is -2.27. The van der Waals surface area contributed by atoms with Crippen molar-refractivity contribution in [1.82, 2.24) is 20.1 Å². The molecule has 1 saturated carbocycles. The van der Waals surface area contributed by atoms with Crippen LogP contribution in [0.5, 0.6) is 0 Å². The molecule has 0 aromatic carbocycles. The minimum absolute atomic E-state index is 0.102. The number of amides is 1. The SMILES string of the molecule is CN(Cc1cccs1)C(=O)CSc1n[nH]c(C2CCCC2)n1. The van der Waals surface area contributed by atoms with Crippen LogP contribution in [0.25, 0.3) is 0 Å². The van der Waals surface area contributed by atoms with Gasteiger partial charge in [0.15, 0.2) is 0 Å². The molecule has 0 unspecified atom stereocenters. The summed E-state index contributed by atoms with van der Waals surface area (Å²) in [6.45, 7) is 0.665. The van der Waals surface area contributed by atoms with Crippen molar-refractivity contribution in [3.63, 3.8) is 0 Å². The summed E-state index contributed by atoms with van der Waals surface area (Å²) < 4.78 is 0. The first-order valence-corrected chi connectivity index (χ1v) is 9.40. The van der Waals surface area contributed by atoms with Crippen molar-refractivity contribution in [3.05, 3.63) is 28.2 Å². The molecule has 1 aliphatic carbocycles. The zero-order valence-corrected chi connectivity index (χ0v) is 14.3. The number of nitrogens with one attached hydrogen (secondary N) is 1. The standard InChI is InChI=1S/C15H20N4OS2/c1-19(9-12-7-4-8-21-12)13(20)10-22-15-16-14(17-18-15)11-5-2-3-6-11/h4,7-8,11H,2-3,5-6,9-10H2,1H3,(H,16,17,18). The first-order valence-electron chi connectivity index (χ1n) is 7.54. The molecule has 0 spiro atoms.